The summed E-state index contributed by atoms with van der Waals surface area (Å²) >= 11 is 5.28. The van der Waals surface area contributed by atoms with Gasteiger partial charge in [0.15, 0.2) is 5.11 Å². The van der Waals surface area contributed by atoms with Crippen LogP contribution in [0.25, 0.3) is 17.4 Å². The number of furan rings is 1. The maximum Gasteiger partial charge on any atom is 0.250 e. The van der Waals surface area contributed by atoms with Gasteiger partial charge in [0.1, 0.15) is 11.5 Å². The maximum absolute atomic E-state index is 12.3. The summed E-state index contributed by atoms with van der Waals surface area (Å²) in [5.74, 6) is 1.21. The number of thiocarbonyl (C=S) groups is 1. The van der Waals surface area contributed by atoms with E-state index in [2.05, 4.69) is 15.5 Å². The summed E-state index contributed by atoms with van der Waals surface area (Å²) in [6.07, 6.45) is 4.49. The summed E-state index contributed by atoms with van der Waals surface area (Å²) in [6.45, 7) is 5.14. The second-order valence-electron chi connectivity index (χ2n) is 8.51. The van der Waals surface area contributed by atoms with Gasteiger partial charge in [0.25, 0.3) is 0 Å². The van der Waals surface area contributed by atoms with Crippen LogP contribution in [-0.2, 0) is 9.59 Å². The van der Waals surface area contributed by atoms with Crippen LogP contribution < -0.4 is 15.5 Å². The molecule has 186 valence electrons. The van der Waals surface area contributed by atoms with Crippen molar-refractivity contribution in [1.82, 2.24) is 10.2 Å². The monoisotopic (exact) mass is 502 g/mol. The lowest BCUT2D eigenvalue weighted by atomic mass is 10.2. The molecule has 7 nitrogen and oxygen atoms in total. The quantitative estimate of drug-likeness (QED) is 0.353. The Morgan fingerprint density at radius 2 is 1.69 bits per heavy atom. The number of amides is 2. The number of piperazine rings is 1. The smallest absolute Gasteiger partial charge is 0.250 e. The van der Waals surface area contributed by atoms with Crippen LogP contribution >= 0.6 is 12.2 Å². The molecule has 36 heavy (non-hydrogen) atoms. The van der Waals surface area contributed by atoms with Gasteiger partial charge in [-0.25, -0.2) is 0 Å². The molecule has 1 aliphatic rings. The van der Waals surface area contributed by atoms with Gasteiger partial charge in [0, 0.05) is 55.6 Å². The highest BCUT2D eigenvalue weighted by molar-refractivity contribution is 7.80. The normalized spacial score (nSPS) is 13.6. The van der Waals surface area contributed by atoms with Crippen molar-refractivity contribution in [1.29, 1.82) is 0 Å². The number of carbonyl (C=O) groups excluding carboxylic acids is 2. The van der Waals surface area contributed by atoms with Crippen molar-refractivity contribution in [2.75, 3.05) is 36.4 Å². The predicted octanol–water partition coefficient (Wildman–Crippen LogP) is 4.92. The molecule has 0 spiro atoms. The molecule has 2 N–H and O–H groups in total. The molecule has 1 saturated heterocycles. The first-order valence-corrected chi connectivity index (χ1v) is 12.5. The van der Waals surface area contributed by atoms with E-state index < -0.39 is 0 Å². The molecule has 2 heterocycles. The van der Waals surface area contributed by atoms with E-state index in [1.807, 2.05) is 78.6 Å². The third kappa shape index (κ3) is 6.82. The molecule has 2 amide bonds. The minimum absolute atomic E-state index is 0.213. The fourth-order valence-electron chi connectivity index (χ4n) is 4.02. The van der Waals surface area contributed by atoms with Crippen LogP contribution in [0.4, 0.5) is 11.4 Å². The second-order valence-corrected chi connectivity index (χ2v) is 8.92. The molecule has 8 heteroatoms. The lowest BCUT2D eigenvalue weighted by Gasteiger charge is -2.36. The van der Waals surface area contributed by atoms with Crippen molar-refractivity contribution >= 4 is 46.6 Å². The summed E-state index contributed by atoms with van der Waals surface area (Å²) in [6, 6.07) is 21.3. The van der Waals surface area contributed by atoms with Crippen LogP contribution in [0.15, 0.2) is 77.2 Å². The van der Waals surface area contributed by atoms with Crippen molar-refractivity contribution in [2.45, 2.75) is 19.8 Å². The highest BCUT2D eigenvalue weighted by Crippen LogP contribution is 2.22. The molecule has 0 atom stereocenters. The molecular formula is C28H30N4O3S. The van der Waals surface area contributed by atoms with Crippen molar-refractivity contribution < 1.29 is 14.0 Å². The molecule has 0 bridgehead atoms. The molecule has 2 aromatic carbocycles. The van der Waals surface area contributed by atoms with E-state index >= 15 is 0 Å². The lowest BCUT2D eigenvalue weighted by Crippen LogP contribution is -2.48. The molecule has 1 aromatic heterocycles. The lowest BCUT2D eigenvalue weighted by molar-refractivity contribution is -0.131. The number of hydrogen-bond donors (Lipinski definition) is 2. The number of rotatable bonds is 7. The first-order chi connectivity index (χ1) is 17.5. The molecule has 1 aliphatic heterocycles. The standard InChI is InChI=1S/C28H30N4O3S/c1-2-6-27(34)32-19-17-31(18-20-32)23-11-9-22(10-12-23)29-28(36)30-26(33)16-14-24-13-15-25(35-24)21-7-4-3-5-8-21/h3-5,7-16H,2,6,17-20H2,1H3,(H2,29,30,33,36)/b16-14+. The van der Waals surface area contributed by atoms with Crippen molar-refractivity contribution in [3.05, 3.63) is 78.6 Å². The van der Waals surface area contributed by atoms with Crippen molar-refractivity contribution in [3.63, 3.8) is 0 Å². The van der Waals surface area contributed by atoms with Gasteiger partial charge in [0.2, 0.25) is 11.8 Å². The Balaban J connectivity index is 1.23. The van der Waals surface area contributed by atoms with Gasteiger partial charge in [-0.05, 0) is 61.1 Å². The van der Waals surface area contributed by atoms with Crippen LogP contribution in [-0.4, -0.2) is 48.0 Å². The third-order valence-corrected chi connectivity index (χ3v) is 6.11. The van der Waals surface area contributed by atoms with Gasteiger partial charge in [-0.3, -0.25) is 14.9 Å². The molecule has 0 saturated carbocycles. The molecule has 1 fully saturated rings. The average molecular weight is 503 g/mol. The molecule has 0 radical (unpaired) electrons. The van der Waals surface area contributed by atoms with E-state index in [1.165, 1.54) is 6.08 Å². The highest BCUT2D eigenvalue weighted by Gasteiger charge is 2.20. The van der Waals surface area contributed by atoms with Gasteiger partial charge in [-0.1, -0.05) is 37.3 Å². The number of nitrogens with zero attached hydrogens (tertiary/aromatic N) is 2. The maximum atomic E-state index is 12.3. The Labute approximate surface area is 216 Å². The van der Waals surface area contributed by atoms with E-state index in [1.54, 1.807) is 6.08 Å². The fraction of sp³-hybridized carbons (Fsp3) is 0.250. The minimum Gasteiger partial charge on any atom is -0.457 e. The highest BCUT2D eigenvalue weighted by atomic mass is 32.1. The Morgan fingerprint density at radius 1 is 0.972 bits per heavy atom. The number of benzene rings is 2. The number of nitrogens with one attached hydrogen (secondary N) is 2. The predicted molar refractivity (Wildman–Crippen MR) is 148 cm³/mol. The first kappa shape index (κ1) is 25.2. The van der Waals surface area contributed by atoms with E-state index in [4.69, 9.17) is 16.6 Å². The zero-order chi connectivity index (χ0) is 25.3. The Hall–Kier alpha value is -3.91. The van der Waals surface area contributed by atoms with Gasteiger partial charge >= 0.3 is 0 Å². The van der Waals surface area contributed by atoms with Crippen LogP contribution in [0, 0.1) is 0 Å². The largest absolute Gasteiger partial charge is 0.457 e. The summed E-state index contributed by atoms with van der Waals surface area (Å²) in [5, 5.41) is 5.89. The third-order valence-electron chi connectivity index (χ3n) is 5.91. The number of carbonyl (C=O) groups is 2. The Bertz CT molecular complexity index is 1210. The van der Waals surface area contributed by atoms with Crippen LogP contribution in [0.1, 0.15) is 25.5 Å². The molecule has 0 unspecified atom stereocenters. The van der Waals surface area contributed by atoms with E-state index in [-0.39, 0.29) is 16.9 Å². The van der Waals surface area contributed by atoms with Crippen LogP contribution in [0.5, 0.6) is 0 Å². The first-order valence-electron chi connectivity index (χ1n) is 12.1. The molecule has 3 aromatic rings. The van der Waals surface area contributed by atoms with E-state index in [0.717, 1.165) is 55.3 Å². The van der Waals surface area contributed by atoms with Crippen molar-refractivity contribution in [2.24, 2.45) is 0 Å². The van der Waals surface area contributed by atoms with Gasteiger partial charge < -0.3 is 19.5 Å². The minimum atomic E-state index is -0.350. The van der Waals surface area contributed by atoms with Gasteiger partial charge in [-0.2, -0.15) is 0 Å². The molecule has 4 rings (SSSR count). The van der Waals surface area contributed by atoms with Crippen LogP contribution in [0.3, 0.4) is 0 Å². The molecule has 0 aliphatic carbocycles. The molecular weight excluding hydrogens is 472 g/mol. The summed E-state index contributed by atoms with van der Waals surface area (Å²) < 4.78 is 5.77. The summed E-state index contributed by atoms with van der Waals surface area (Å²) in [5.41, 5.74) is 2.85. The summed E-state index contributed by atoms with van der Waals surface area (Å²) in [4.78, 5) is 28.6. The van der Waals surface area contributed by atoms with Gasteiger partial charge in [0.05, 0.1) is 0 Å². The topological polar surface area (TPSA) is 77.8 Å². The number of anilines is 2. The van der Waals surface area contributed by atoms with Crippen molar-refractivity contribution in [3.8, 4) is 11.3 Å². The SMILES string of the molecule is CCCC(=O)N1CCN(c2ccc(NC(=S)NC(=O)/C=C/c3ccc(-c4ccccc4)o3)cc2)CC1. The number of hydrogen-bond acceptors (Lipinski definition) is 5. The van der Waals surface area contributed by atoms with Crippen LogP contribution in [0.2, 0.25) is 0 Å². The Kier molecular flexibility index (Phi) is 8.52. The summed E-state index contributed by atoms with van der Waals surface area (Å²) in [7, 11) is 0. The van der Waals surface area contributed by atoms with E-state index in [0.29, 0.717) is 12.2 Å². The van der Waals surface area contributed by atoms with Gasteiger partial charge in [-0.15, -0.1) is 0 Å². The van der Waals surface area contributed by atoms with E-state index in [9.17, 15) is 9.59 Å². The zero-order valence-electron chi connectivity index (χ0n) is 20.3. The average Bonchev–Trinajstić information content (AvgIpc) is 3.38. The second kappa shape index (κ2) is 12.2. The zero-order valence-corrected chi connectivity index (χ0v) is 21.1. The fourth-order valence-corrected chi connectivity index (χ4v) is 4.23. The Morgan fingerprint density at radius 3 is 2.39 bits per heavy atom.